The Balaban J connectivity index is 0.00000288. The molecule has 2 rings (SSSR count). The minimum atomic E-state index is -0.202. The minimum absolute atomic E-state index is 0. The average molecular weight is 463 g/mol. The van der Waals surface area contributed by atoms with E-state index in [0.29, 0.717) is 18.9 Å². The number of esters is 1. The van der Waals surface area contributed by atoms with Crippen LogP contribution in [0.25, 0.3) is 0 Å². The molecule has 24 heavy (non-hydrogen) atoms. The lowest BCUT2D eigenvalue weighted by atomic mass is 10.2. The largest absolute Gasteiger partial charge is 0.469 e. The van der Waals surface area contributed by atoms with Gasteiger partial charge < -0.3 is 15.0 Å². The number of nitrogens with one attached hydrogen (secondary N) is 1. The van der Waals surface area contributed by atoms with Crippen LogP contribution < -0.4 is 5.32 Å². The van der Waals surface area contributed by atoms with Gasteiger partial charge in [-0.05, 0) is 24.5 Å². The van der Waals surface area contributed by atoms with E-state index >= 15 is 0 Å². The van der Waals surface area contributed by atoms with Crippen LogP contribution >= 0.6 is 35.7 Å². The van der Waals surface area contributed by atoms with E-state index in [0.717, 1.165) is 24.8 Å². The standard InChI is InChI=1S/C17H25N3O2S.HI/c1-18-17(19-10-8-16(21)22-2)20-11-9-14(12-20)13-23-15-6-4-3-5-7-15;/h3-7,14H,8-13H2,1-2H3,(H,18,19);1H. The number of hydrogen-bond acceptors (Lipinski definition) is 4. The van der Waals surface area contributed by atoms with Gasteiger partial charge in [-0.2, -0.15) is 0 Å². The minimum Gasteiger partial charge on any atom is -0.469 e. The van der Waals surface area contributed by atoms with Crippen LogP contribution in [0, 0.1) is 5.92 Å². The average Bonchev–Trinajstić information content (AvgIpc) is 3.06. The number of benzene rings is 1. The molecule has 1 aromatic rings. The van der Waals surface area contributed by atoms with Gasteiger partial charge >= 0.3 is 5.97 Å². The Hall–Kier alpha value is -0.960. The molecule has 1 aromatic carbocycles. The lowest BCUT2D eigenvalue weighted by Crippen LogP contribution is -2.41. The molecule has 1 aliphatic rings. The second-order valence-corrected chi connectivity index (χ2v) is 6.62. The number of halogens is 1. The van der Waals surface area contributed by atoms with E-state index in [-0.39, 0.29) is 29.9 Å². The summed E-state index contributed by atoms with van der Waals surface area (Å²) in [5.74, 6) is 2.46. The molecule has 1 fully saturated rings. The highest BCUT2D eigenvalue weighted by molar-refractivity contribution is 14.0. The molecule has 1 saturated heterocycles. The van der Waals surface area contributed by atoms with E-state index < -0.39 is 0 Å². The van der Waals surface area contributed by atoms with Crippen molar-refractivity contribution in [1.29, 1.82) is 0 Å². The molecule has 0 bridgehead atoms. The number of thioether (sulfide) groups is 1. The van der Waals surface area contributed by atoms with Crippen LogP contribution in [0.15, 0.2) is 40.2 Å². The molecule has 0 spiro atoms. The Kier molecular flexibility index (Phi) is 10.2. The highest BCUT2D eigenvalue weighted by atomic mass is 127. The Morgan fingerprint density at radius 1 is 1.42 bits per heavy atom. The number of aliphatic imine (C=N–C) groups is 1. The van der Waals surface area contributed by atoms with Crippen LogP contribution in [-0.4, -0.2) is 56.4 Å². The van der Waals surface area contributed by atoms with Crippen LogP contribution in [-0.2, 0) is 9.53 Å². The van der Waals surface area contributed by atoms with Gasteiger partial charge in [-0.15, -0.1) is 35.7 Å². The summed E-state index contributed by atoms with van der Waals surface area (Å²) in [7, 11) is 3.19. The Morgan fingerprint density at radius 3 is 2.83 bits per heavy atom. The molecule has 1 aliphatic heterocycles. The summed E-state index contributed by atoms with van der Waals surface area (Å²) in [6.45, 7) is 2.58. The Morgan fingerprint density at radius 2 is 2.17 bits per heavy atom. The normalized spacial score (nSPS) is 17.3. The first-order chi connectivity index (χ1) is 11.2. The van der Waals surface area contributed by atoms with Gasteiger partial charge in [0.05, 0.1) is 13.5 Å². The van der Waals surface area contributed by atoms with Crippen molar-refractivity contribution in [3.63, 3.8) is 0 Å². The molecule has 134 valence electrons. The van der Waals surface area contributed by atoms with E-state index in [1.807, 2.05) is 17.8 Å². The second kappa shape index (κ2) is 11.6. The number of likely N-dealkylation sites (tertiary alicyclic amines) is 1. The maximum atomic E-state index is 11.2. The first-order valence-corrected chi connectivity index (χ1v) is 8.91. The van der Waals surface area contributed by atoms with E-state index in [2.05, 4.69) is 44.2 Å². The first kappa shape index (κ1) is 21.1. The number of carbonyl (C=O) groups excluding carboxylic acids is 1. The molecule has 5 nitrogen and oxygen atoms in total. The fraction of sp³-hybridized carbons (Fsp3) is 0.529. The third-order valence-electron chi connectivity index (χ3n) is 3.87. The Labute approximate surface area is 165 Å². The number of methoxy groups -OCH3 is 1. The first-order valence-electron chi connectivity index (χ1n) is 7.93. The smallest absolute Gasteiger partial charge is 0.307 e. The maximum absolute atomic E-state index is 11.2. The van der Waals surface area contributed by atoms with Gasteiger partial charge in [0.15, 0.2) is 5.96 Å². The molecule has 7 heteroatoms. The maximum Gasteiger partial charge on any atom is 0.307 e. The number of guanidine groups is 1. The monoisotopic (exact) mass is 463 g/mol. The van der Waals surface area contributed by atoms with Gasteiger partial charge in [-0.3, -0.25) is 9.79 Å². The lowest BCUT2D eigenvalue weighted by Gasteiger charge is -2.21. The summed E-state index contributed by atoms with van der Waals surface area (Å²) in [6, 6.07) is 10.5. The number of ether oxygens (including phenoxy) is 1. The van der Waals surface area contributed by atoms with Crippen molar-refractivity contribution in [2.75, 3.05) is 39.5 Å². The summed E-state index contributed by atoms with van der Waals surface area (Å²) in [5, 5.41) is 3.24. The van der Waals surface area contributed by atoms with E-state index in [9.17, 15) is 4.79 Å². The van der Waals surface area contributed by atoms with Crippen molar-refractivity contribution in [2.24, 2.45) is 10.9 Å². The molecule has 0 amide bonds. The van der Waals surface area contributed by atoms with Gasteiger partial charge in [0.25, 0.3) is 0 Å². The van der Waals surface area contributed by atoms with Crippen LogP contribution in [0.3, 0.4) is 0 Å². The molecule has 0 aliphatic carbocycles. The molecule has 1 unspecified atom stereocenters. The fourth-order valence-electron chi connectivity index (χ4n) is 2.60. The van der Waals surface area contributed by atoms with Crippen molar-refractivity contribution < 1.29 is 9.53 Å². The van der Waals surface area contributed by atoms with E-state index in [1.165, 1.54) is 18.4 Å². The van der Waals surface area contributed by atoms with Crippen LogP contribution in [0.4, 0.5) is 0 Å². The van der Waals surface area contributed by atoms with Crippen molar-refractivity contribution in [3.05, 3.63) is 30.3 Å². The van der Waals surface area contributed by atoms with Crippen molar-refractivity contribution in [2.45, 2.75) is 17.7 Å². The number of hydrogen-bond donors (Lipinski definition) is 1. The topological polar surface area (TPSA) is 53.9 Å². The van der Waals surface area contributed by atoms with Crippen molar-refractivity contribution in [1.82, 2.24) is 10.2 Å². The summed E-state index contributed by atoms with van der Waals surface area (Å²) >= 11 is 1.92. The predicted molar refractivity (Wildman–Crippen MR) is 110 cm³/mol. The Bertz CT molecular complexity index is 528. The SMILES string of the molecule is CN=C(NCCC(=O)OC)N1CCC(CSc2ccccc2)C1.I. The zero-order valence-corrected chi connectivity index (χ0v) is 17.4. The predicted octanol–water partition coefficient (Wildman–Crippen LogP) is 2.86. The summed E-state index contributed by atoms with van der Waals surface area (Å²) in [4.78, 5) is 19.1. The molecule has 0 radical (unpaired) electrons. The van der Waals surface area contributed by atoms with E-state index in [1.54, 1.807) is 7.05 Å². The van der Waals surface area contributed by atoms with Gasteiger partial charge in [0.2, 0.25) is 0 Å². The molecule has 0 saturated carbocycles. The third-order valence-corrected chi connectivity index (χ3v) is 5.11. The lowest BCUT2D eigenvalue weighted by molar-refractivity contribution is -0.140. The second-order valence-electron chi connectivity index (χ2n) is 5.52. The molecule has 1 N–H and O–H groups in total. The fourth-order valence-corrected chi connectivity index (χ4v) is 3.65. The number of carbonyl (C=O) groups is 1. The highest BCUT2D eigenvalue weighted by Crippen LogP contribution is 2.25. The number of nitrogens with zero attached hydrogens (tertiary/aromatic N) is 2. The van der Waals surface area contributed by atoms with Gasteiger partial charge in [-0.25, -0.2) is 0 Å². The van der Waals surface area contributed by atoms with Gasteiger partial charge in [-0.1, -0.05) is 18.2 Å². The number of rotatable bonds is 6. The summed E-state index contributed by atoms with van der Waals surface area (Å²) in [6.07, 6.45) is 1.54. The molecular weight excluding hydrogens is 437 g/mol. The third kappa shape index (κ3) is 6.88. The molecule has 1 heterocycles. The zero-order chi connectivity index (χ0) is 16.5. The van der Waals surface area contributed by atoms with E-state index in [4.69, 9.17) is 0 Å². The van der Waals surface area contributed by atoms with Gasteiger partial charge in [0, 0.05) is 37.3 Å². The van der Waals surface area contributed by atoms with Crippen LogP contribution in [0.1, 0.15) is 12.8 Å². The zero-order valence-electron chi connectivity index (χ0n) is 14.2. The summed E-state index contributed by atoms with van der Waals surface area (Å²) < 4.78 is 4.65. The quantitative estimate of drug-likeness (QED) is 0.231. The van der Waals surface area contributed by atoms with Gasteiger partial charge in [0.1, 0.15) is 0 Å². The van der Waals surface area contributed by atoms with Crippen LogP contribution in [0.2, 0.25) is 0 Å². The van der Waals surface area contributed by atoms with Crippen molar-refractivity contribution in [3.8, 4) is 0 Å². The molecular formula is C17H26IN3O2S. The van der Waals surface area contributed by atoms with Crippen molar-refractivity contribution >= 4 is 47.7 Å². The molecule has 0 aromatic heterocycles. The highest BCUT2D eigenvalue weighted by Gasteiger charge is 2.24. The summed E-state index contributed by atoms with van der Waals surface area (Å²) in [5.41, 5.74) is 0. The van der Waals surface area contributed by atoms with Crippen LogP contribution in [0.5, 0.6) is 0 Å². The molecule has 1 atom stereocenters.